The minimum atomic E-state index is -1.59. The molecule has 152 valence electrons. The average Bonchev–Trinajstić information content (AvgIpc) is 2.96. The van der Waals surface area contributed by atoms with Gasteiger partial charge in [0.1, 0.15) is 30.2 Å². The normalized spacial score (nSPS) is 44.3. The Morgan fingerprint density at radius 1 is 1.22 bits per heavy atom. The molecule has 1 saturated carbocycles. The van der Waals surface area contributed by atoms with Gasteiger partial charge in [0.05, 0.1) is 25.6 Å². The van der Waals surface area contributed by atoms with Crippen LogP contribution in [0.5, 0.6) is 0 Å². The first-order chi connectivity index (χ1) is 12.8. The van der Waals surface area contributed by atoms with Gasteiger partial charge >= 0.3 is 5.97 Å². The molecule has 4 N–H and O–H groups in total. The first-order valence-electron chi connectivity index (χ1n) is 8.72. The number of hydrogen-bond acceptors (Lipinski definition) is 10. The van der Waals surface area contributed by atoms with Gasteiger partial charge in [0.25, 0.3) is 0 Å². The summed E-state index contributed by atoms with van der Waals surface area (Å²) in [7, 11) is 1.23. The second kappa shape index (κ2) is 7.82. The van der Waals surface area contributed by atoms with Gasteiger partial charge in [-0.3, -0.25) is 4.79 Å². The predicted molar refractivity (Wildman–Crippen MR) is 85.6 cm³/mol. The Hall–Kier alpha value is -1.56. The number of carbonyl (C=O) groups is 2. The van der Waals surface area contributed by atoms with E-state index in [-0.39, 0.29) is 17.8 Å². The van der Waals surface area contributed by atoms with E-state index in [2.05, 4.69) is 0 Å². The highest BCUT2D eigenvalue weighted by molar-refractivity contribution is 5.92. The van der Waals surface area contributed by atoms with Gasteiger partial charge in [-0.25, -0.2) is 4.79 Å². The van der Waals surface area contributed by atoms with Crippen LogP contribution in [0.25, 0.3) is 0 Å². The molecule has 10 nitrogen and oxygen atoms in total. The Morgan fingerprint density at radius 2 is 1.93 bits per heavy atom. The predicted octanol–water partition coefficient (Wildman–Crippen LogP) is -1.94. The van der Waals surface area contributed by atoms with Crippen molar-refractivity contribution in [2.24, 2.45) is 17.8 Å². The van der Waals surface area contributed by atoms with Crippen LogP contribution >= 0.6 is 0 Å². The molecular weight excluding hydrogens is 364 g/mol. The molecule has 0 bridgehead atoms. The lowest BCUT2D eigenvalue weighted by molar-refractivity contribution is -0.342. The highest BCUT2D eigenvalue weighted by atomic mass is 16.8. The lowest BCUT2D eigenvalue weighted by atomic mass is 9.83. The number of carbonyl (C=O) groups excluding carboxylic acids is 2. The zero-order valence-corrected chi connectivity index (χ0v) is 14.9. The molecule has 2 fully saturated rings. The fourth-order valence-electron chi connectivity index (χ4n) is 3.92. The number of methoxy groups -OCH3 is 1. The molecule has 0 aromatic heterocycles. The summed E-state index contributed by atoms with van der Waals surface area (Å²) >= 11 is 0. The van der Waals surface area contributed by atoms with Crippen LogP contribution in [0.15, 0.2) is 11.8 Å². The maximum atomic E-state index is 12.2. The summed E-state index contributed by atoms with van der Waals surface area (Å²) < 4.78 is 21.2. The van der Waals surface area contributed by atoms with Gasteiger partial charge in [-0.1, -0.05) is 6.92 Å². The van der Waals surface area contributed by atoms with E-state index in [9.17, 15) is 30.0 Å². The van der Waals surface area contributed by atoms with E-state index < -0.39 is 67.3 Å². The molecule has 0 unspecified atom stereocenters. The maximum absolute atomic E-state index is 12.2. The number of rotatable bonds is 4. The zero-order chi connectivity index (χ0) is 19.9. The Bertz CT molecular complexity index is 617. The van der Waals surface area contributed by atoms with Gasteiger partial charge in [0.15, 0.2) is 6.29 Å². The molecule has 27 heavy (non-hydrogen) atoms. The van der Waals surface area contributed by atoms with Crippen molar-refractivity contribution in [2.75, 3.05) is 13.7 Å². The molecule has 0 radical (unpaired) electrons. The summed E-state index contributed by atoms with van der Waals surface area (Å²) in [5.41, 5.74) is 0.230. The molecule has 0 aromatic carbocycles. The van der Waals surface area contributed by atoms with E-state index in [1.807, 2.05) is 0 Å². The van der Waals surface area contributed by atoms with Crippen molar-refractivity contribution in [2.45, 2.75) is 50.3 Å². The number of hydrogen-bond donors (Lipinski definition) is 4. The largest absolute Gasteiger partial charge is 0.472 e. The molecule has 10 heteroatoms. The monoisotopic (exact) mass is 388 g/mol. The Morgan fingerprint density at radius 3 is 2.56 bits per heavy atom. The molecule has 2 heterocycles. The summed E-state index contributed by atoms with van der Waals surface area (Å²) in [5, 5.41) is 39.1. The quantitative estimate of drug-likeness (QED) is 0.400. The molecule has 0 amide bonds. The van der Waals surface area contributed by atoms with Gasteiger partial charge in [0, 0.05) is 24.2 Å². The van der Waals surface area contributed by atoms with Crippen LogP contribution in [0, 0.1) is 17.8 Å². The Balaban J connectivity index is 1.81. The SMILES string of the molecule is COC(=O)C1=CO[C@@H](O[C@H]2O[C@H](CO)[C@@H](O)[C@H](O)[C@H]2O)[C@H]2[C@@H]1CC(=O)[C@@H]2C. The third-order valence-electron chi connectivity index (χ3n) is 5.55. The topological polar surface area (TPSA) is 152 Å². The molecule has 0 aromatic rings. The van der Waals surface area contributed by atoms with Crippen molar-refractivity contribution in [3.63, 3.8) is 0 Å². The van der Waals surface area contributed by atoms with Gasteiger partial charge in [-0.15, -0.1) is 0 Å². The number of Topliss-reactive ketones (excluding diaryl/α,β-unsaturated/α-hetero) is 1. The van der Waals surface area contributed by atoms with Crippen LogP contribution in [0.4, 0.5) is 0 Å². The van der Waals surface area contributed by atoms with E-state index in [1.54, 1.807) is 6.92 Å². The molecule has 1 aliphatic carbocycles. The number of ketones is 1. The van der Waals surface area contributed by atoms with Crippen LogP contribution in [0.1, 0.15) is 13.3 Å². The van der Waals surface area contributed by atoms with Crippen molar-refractivity contribution >= 4 is 11.8 Å². The van der Waals surface area contributed by atoms with Crippen molar-refractivity contribution in [3.8, 4) is 0 Å². The number of ether oxygens (including phenoxy) is 4. The highest BCUT2D eigenvalue weighted by Crippen LogP contribution is 2.45. The van der Waals surface area contributed by atoms with Gasteiger partial charge < -0.3 is 39.4 Å². The molecule has 9 atom stereocenters. The van der Waals surface area contributed by atoms with E-state index in [0.717, 1.165) is 0 Å². The third-order valence-corrected chi connectivity index (χ3v) is 5.55. The molecule has 2 aliphatic heterocycles. The maximum Gasteiger partial charge on any atom is 0.337 e. The number of aliphatic hydroxyl groups excluding tert-OH is 4. The van der Waals surface area contributed by atoms with Crippen molar-refractivity contribution in [1.82, 2.24) is 0 Å². The molecule has 1 saturated heterocycles. The van der Waals surface area contributed by atoms with Crippen molar-refractivity contribution < 1.29 is 49.0 Å². The van der Waals surface area contributed by atoms with Crippen LogP contribution in [0.2, 0.25) is 0 Å². The van der Waals surface area contributed by atoms with Crippen LogP contribution in [0.3, 0.4) is 0 Å². The van der Waals surface area contributed by atoms with E-state index >= 15 is 0 Å². The summed E-state index contributed by atoms with van der Waals surface area (Å²) in [4.78, 5) is 24.2. The fourth-order valence-corrected chi connectivity index (χ4v) is 3.92. The summed E-state index contributed by atoms with van der Waals surface area (Å²) in [6, 6.07) is 0. The van der Waals surface area contributed by atoms with Crippen LogP contribution in [-0.2, 0) is 28.5 Å². The molecule has 0 spiro atoms. The molecule has 3 aliphatic rings. The first-order valence-corrected chi connectivity index (χ1v) is 8.72. The summed E-state index contributed by atoms with van der Waals surface area (Å²) in [5.74, 6) is -2.13. The minimum Gasteiger partial charge on any atom is -0.472 e. The second-order valence-corrected chi connectivity index (χ2v) is 7.05. The third kappa shape index (κ3) is 3.48. The minimum absolute atomic E-state index is 0.0623. The van der Waals surface area contributed by atoms with E-state index in [1.165, 1.54) is 13.4 Å². The van der Waals surface area contributed by atoms with E-state index in [4.69, 9.17) is 18.9 Å². The molecule has 3 rings (SSSR count). The highest BCUT2D eigenvalue weighted by Gasteiger charge is 2.53. The average molecular weight is 388 g/mol. The standard InChI is InChI=1S/C17H24O10/c1-6-9(19)3-7-8(15(23)24-2)5-25-16(11(6)7)27-17-14(22)13(21)12(20)10(4-18)26-17/h5-7,10-14,16-18,20-22H,3-4H2,1-2H3/t6-,7+,10+,11+,12+,13-,14+,16-,17+/m0/s1. The summed E-state index contributed by atoms with van der Waals surface area (Å²) in [6.07, 6.45) is -6.96. The van der Waals surface area contributed by atoms with Gasteiger partial charge in [-0.05, 0) is 0 Å². The fraction of sp³-hybridized carbons (Fsp3) is 0.765. The first kappa shape index (κ1) is 20.2. The van der Waals surface area contributed by atoms with Crippen molar-refractivity contribution in [3.05, 3.63) is 11.8 Å². The van der Waals surface area contributed by atoms with Gasteiger partial charge in [0.2, 0.25) is 6.29 Å². The lowest BCUT2D eigenvalue weighted by Crippen LogP contribution is -2.60. The van der Waals surface area contributed by atoms with Crippen molar-refractivity contribution in [1.29, 1.82) is 0 Å². The van der Waals surface area contributed by atoms with E-state index in [0.29, 0.717) is 0 Å². The van der Waals surface area contributed by atoms with Crippen LogP contribution < -0.4 is 0 Å². The number of fused-ring (bicyclic) bond motifs is 1. The Kier molecular flexibility index (Phi) is 5.84. The zero-order valence-electron chi connectivity index (χ0n) is 14.9. The smallest absolute Gasteiger partial charge is 0.337 e. The molecular formula is C17H24O10. The second-order valence-electron chi connectivity index (χ2n) is 7.05. The lowest BCUT2D eigenvalue weighted by Gasteiger charge is -2.42. The van der Waals surface area contributed by atoms with Gasteiger partial charge in [-0.2, -0.15) is 0 Å². The number of aliphatic hydroxyl groups is 4. The number of esters is 1. The summed E-state index contributed by atoms with van der Waals surface area (Å²) in [6.45, 7) is 1.10. The van der Waals surface area contributed by atoms with Crippen LogP contribution in [-0.4, -0.2) is 82.9 Å². The Labute approximate surface area is 155 Å².